The molecule has 1 saturated heterocycles. The summed E-state index contributed by atoms with van der Waals surface area (Å²) in [5, 5.41) is 6.44. The number of benzene rings is 1. The van der Waals surface area contributed by atoms with E-state index in [1.54, 1.807) is 0 Å². The molecule has 1 aromatic carbocycles. The third kappa shape index (κ3) is 2.41. The van der Waals surface area contributed by atoms with Crippen molar-refractivity contribution in [3.8, 4) is 0 Å². The maximum Gasteiger partial charge on any atom is 0.220 e. The van der Waals surface area contributed by atoms with Crippen molar-refractivity contribution in [2.75, 3.05) is 6.54 Å². The molecule has 0 bridgehead atoms. The van der Waals surface area contributed by atoms with E-state index >= 15 is 0 Å². The van der Waals surface area contributed by atoms with Crippen LogP contribution in [0.1, 0.15) is 31.6 Å². The Morgan fingerprint density at radius 2 is 2.30 bits per heavy atom. The van der Waals surface area contributed by atoms with Crippen LogP contribution in [0.3, 0.4) is 0 Å². The molecule has 1 aliphatic heterocycles. The van der Waals surface area contributed by atoms with Gasteiger partial charge in [0.1, 0.15) is 5.82 Å². The molecule has 2 unspecified atom stereocenters. The van der Waals surface area contributed by atoms with E-state index in [4.69, 9.17) is 0 Å². The number of imidazole rings is 1. The van der Waals surface area contributed by atoms with Gasteiger partial charge in [0, 0.05) is 26.1 Å². The molecule has 1 amide bonds. The van der Waals surface area contributed by atoms with Crippen molar-refractivity contribution < 1.29 is 4.79 Å². The Balaban J connectivity index is 1.70. The van der Waals surface area contributed by atoms with Crippen molar-refractivity contribution in [3.63, 3.8) is 0 Å². The molecule has 1 aromatic heterocycles. The monoisotopic (exact) mass is 272 g/mol. The number of hydrogen-bond donors (Lipinski definition) is 2. The Kier molecular flexibility index (Phi) is 3.44. The third-order valence-corrected chi connectivity index (χ3v) is 3.96. The quantitative estimate of drug-likeness (QED) is 0.887. The normalized spacial score (nSPS) is 20.3. The van der Waals surface area contributed by atoms with Crippen molar-refractivity contribution in [2.45, 2.75) is 31.8 Å². The second-order valence-corrected chi connectivity index (χ2v) is 5.45. The van der Waals surface area contributed by atoms with Crippen molar-refractivity contribution in [1.82, 2.24) is 20.2 Å². The second kappa shape index (κ2) is 5.25. The fraction of sp³-hybridized carbons (Fsp3) is 0.467. The molecule has 1 aliphatic rings. The second-order valence-electron chi connectivity index (χ2n) is 5.45. The molecule has 0 spiro atoms. The predicted molar refractivity (Wildman–Crippen MR) is 78.3 cm³/mol. The summed E-state index contributed by atoms with van der Waals surface area (Å²) in [6.07, 6.45) is 1.56. The van der Waals surface area contributed by atoms with Crippen molar-refractivity contribution >= 4 is 16.9 Å². The average molecular weight is 272 g/mol. The van der Waals surface area contributed by atoms with E-state index in [0.29, 0.717) is 6.42 Å². The van der Waals surface area contributed by atoms with Gasteiger partial charge in [-0.2, -0.15) is 0 Å². The van der Waals surface area contributed by atoms with Gasteiger partial charge in [-0.15, -0.1) is 0 Å². The summed E-state index contributed by atoms with van der Waals surface area (Å²) >= 11 is 0. The molecule has 0 saturated carbocycles. The molecule has 106 valence electrons. The summed E-state index contributed by atoms with van der Waals surface area (Å²) in [5.74, 6) is 1.18. The van der Waals surface area contributed by atoms with Gasteiger partial charge in [-0.05, 0) is 25.5 Å². The van der Waals surface area contributed by atoms with E-state index in [9.17, 15) is 4.79 Å². The Bertz CT molecular complexity index is 634. The number of nitrogens with one attached hydrogen (secondary N) is 2. The molecule has 20 heavy (non-hydrogen) atoms. The molecule has 3 rings (SSSR count). The molecule has 0 radical (unpaired) electrons. The first-order valence-electron chi connectivity index (χ1n) is 7.09. The first-order chi connectivity index (χ1) is 9.65. The predicted octanol–water partition coefficient (Wildman–Crippen LogP) is 1.50. The maximum absolute atomic E-state index is 11.2. The standard InChI is InChI=1S/C15H20N4O/c1-10(16-9-11-7-8-14(20)17-11)15-18-12-5-3-4-6-13(12)19(15)2/h3-6,10-11,16H,7-9H2,1-2H3,(H,17,20). The number of amides is 1. The van der Waals surface area contributed by atoms with Gasteiger partial charge in [0.05, 0.1) is 17.1 Å². The number of para-hydroxylation sites is 2. The van der Waals surface area contributed by atoms with Crippen molar-refractivity contribution in [3.05, 3.63) is 30.1 Å². The highest BCUT2D eigenvalue weighted by Gasteiger charge is 2.22. The van der Waals surface area contributed by atoms with E-state index < -0.39 is 0 Å². The summed E-state index contributed by atoms with van der Waals surface area (Å²) in [6, 6.07) is 8.55. The van der Waals surface area contributed by atoms with E-state index in [0.717, 1.165) is 29.8 Å². The highest BCUT2D eigenvalue weighted by molar-refractivity contribution is 5.78. The molecule has 2 heterocycles. The van der Waals surface area contributed by atoms with Gasteiger partial charge in [-0.1, -0.05) is 12.1 Å². The minimum Gasteiger partial charge on any atom is -0.352 e. The topological polar surface area (TPSA) is 59.0 Å². The average Bonchev–Trinajstić information content (AvgIpc) is 3.01. The molecule has 1 fully saturated rings. The molecule has 2 atom stereocenters. The van der Waals surface area contributed by atoms with Crippen LogP contribution in [0.2, 0.25) is 0 Å². The van der Waals surface area contributed by atoms with Crippen LogP contribution < -0.4 is 10.6 Å². The summed E-state index contributed by atoms with van der Waals surface area (Å²) in [6.45, 7) is 2.90. The van der Waals surface area contributed by atoms with Crippen LogP contribution in [0.5, 0.6) is 0 Å². The number of nitrogens with zero attached hydrogens (tertiary/aromatic N) is 2. The van der Waals surface area contributed by atoms with Crippen LogP contribution in [0.4, 0.5) is 0 Å². The number of hydrogen-bond acceptors (Lipinski definition) is 3. The van der Waals surface area contributed by atoms with E-state index in [1.807, 2.05) is 25.2 Å². The van der Waals surface area contributed by atoms with Gasteiger partial charge >= 0.3 is 0 Å². The Hall–Kier alpha value is -1.88. The minimum absolute atomic E-state index is 0.157. The molecule has 2 aromatic rings. The molecular formula is C15H20N4O. The van der Waals surface area contributed by atoms with Crippen LogP contribution in [0.15, 0.2) is 24.3 Å². The zero-order valence-corrected chi connectivity index (χ0v) is 11.9. The zero-order valence-electron chi connectivity index (χ0n) is 11.9. The number of carbonyl (C=O) groups excluding carboxylic acids is 1. The number of aryl methyl sites for hydroxylation is 1. The summed E-state index contributed by atoms with van der Waals surface area (Å²) in [7, 11) is 2.04. The van der Waals surface area contributed by atoms with E-state index in [1.165, 1.54) is 0 Å². The van der Waals surface area contributed by atoms with Crippen molar-refractivity contribution in [1.29, 1.82) is 0 Å². The highest BCUT2D eigenvalue weighted by Crippen LogP contribution is 2.19. The van der Waals surface area contributed by atoms with E-state index in [2.05, 4.69) is 33.2 Å². The first-order valence-corrected chi connectivity index (χ1v) is 7.09. The van der Waals surface area contributed by atoms with Gasteiger partial charge in [-0.3, -0.25) is 4.79 Å². The smallest absolute Gasteiger partial charge is 0.220 e. The van der Waals surface area contributed by atoms with Crippen LogP contribution in [-0.4, -0.2) is 28.0 Å². The SMILES string of the molecule is CC(NCC1CCC(=O)N1)c1nc2ccccc2n1C. The van der Waals surface area contributed by atoms with Gasteiger partial charge in [0.25, 0.3) is 0 Å². The van der Waals surface area contributed by atoms with E-state index in [-0.39, 0.29) is 18.0 Å². The Morgan fingerprint density at radius 1 is 1.50 bits per heavy atom. The fourth-order valence-electron chi connectivity index (χ4n) is 2.79. The lowest BCUT2D eigenvalue weighted by Gasteiger charge is -2.17. The maximum atomic E-state index is 11.2. The van der Waals surface area contributed by atoms with Gasteiger partial charge < -0.3 is 15.2 Å². The minimum atomic E-state index is 0.157. The molecule has 5 nitrogen and oxygen atoms in total. The zero-order chi connectivity index (χ0) is 14.1. The van der Waals surface area contributed by atoms with Crippen molar-refractivity contribution in [2.24, 2.45) is 7.05 Å². The lowest BCUT2D eigenvalue weighted by molar-refractivity contribution is -0.119. The molecular weight excluding hydrogens is 252 g/mol. The summed E-state index contributed by atoms with van der Waals surface area (Å²) < 4.78 is 2.13. The number of rotatable bonds is 4. The highest BCUT2D eigenvalue weighted by atomic mass is 16.1. The molecule has 2 N–H and O–H groups in total. The Labute approximate surface area is 118 Å². The van der Waals surface area contributed by atoms with Crippen LogP contribution in [0, 0.1) is 0 Å². The number of carbonyl (C=O) groups is 1. The van der Waals surface area contributed by atoms with Crippen LogP contribution in [0.25, 0.3) is 11.0 Å². The summed E-state index contributed by atoms with van der Waals surface area (Å²) in [4.78, 5) is 15.9. The van der Waals surface area contributed by atoms with Gasteiger partial charge in [0.2, 0.25) is 5.91 Å². The van der Waals surface area contributed by atoms with Gasteiger partial charge in [0.15, 0.2) is 0 Å². The largest absolute Gasteiger partial charge is 0.352 e. The molecule has 5 heteroatoms. The molecule has 0 aliphatic carbocycles. The third-order valence-electron chi connectivity index (χ3n) is 3.96. The van der Waals surface area contributed by atoms with Gasteiger partial charge in [-0.25, -0.2) is 4.98 Å². The number of aromatic nitrogens is 2. The summed E-state index contributed by atoms with van der Waals surface area (Å²) in [5.41, 5.74) is 2.16. The Morgan fingerprint density at radius 3 is 3.00 bits per heavy atom. The lowest BCUT2D eigenvalue weighted by atomic mass is 10.2. The fourth-order valence-corrected chi connectivity index (χ4v) is 2.79. The lowest BCUT2D eigenvalue weighted by Crippen LogP contribution is -2.37. The van der Waals surface area contributed by atoms with Crippen LogP contribution in [-0.2, 0) is 11.8 Å². The first kappa shape index (κ1) is 13.1. The number of fused-ring (bicyclic) bond motifs is 1. The van der Waals surface area contributed by atoms with Crippen LogP contribution >= 0.6 is 0 Å².